The van der Waals surface area contributed by atoms with Crippen molar-refractivity contribution in [3.63, 3.8) is 0 Å². The van der Waals surface area contributed by atoms with Crippen molar-refractivity contribution in [2.45, 2.75) is 39.7 Å². The molecular weight excluding hydrogens is 266 g/mol. The molecule has 2 aromatic rings. The fraction of sp³-hybridized carbons (Fsp3) is 0.500. The first kappa shape index (κ1) is 13.9. The predicted octanol–water partition coefficient (Wildman–Crippen LogP) is 2.88. The lowest BCUT2D eigenvalue weighted by molar-refractivity contribution is 0.0677. The van der Waals surface area contributed by atoms with Crippen LogP contribution >= 0.6 is 0 Å². The molecule has 112 valence electrons. The molecule has 2 aromatic heterocycles. The summed E-state index contributed by atoms with van der Waals surface area (Å²) >= 11 is 0. The van der Waals surface area contributed by atoms with Gasteiger partial charge in [0.1, 0.15) is 11.5 Å². The predicted molar refractivity (Wildman–Crippen MR) is 79.3 cm³/mol. The van der Waals surface area contributed by atoms with Crippen LogP contribution in [-0.2, 0) is 0 Å². The molecule has 1 fully saturated rings. The van der Waals surface area contributed by atoms with Crippen molar-refractivity contribution in [1.82, 2.24) is 14.5 Å². The molecule has 0 unspecified atom stereocenters. The molecular formula is C16H21N3O2. The van der Waals surface area contributed by atoms with Gasteiger partial charge in [0.15, 0.2) is 0 Å². The van der Waals surface area contributed by atoms with Gasteiger partial charge in [0.25, 0.3) is 5.91 Å². The number of likely N-dealkylation sites (tertiary alicyclic amines) is 1. The number of aryl methyl sites for hydroxylation is 2. The van der Waals surface area contributed by atoms with Crippen LogP contribution in [0.3, 0.4) is 0 Å². The number of rotatable bonds is 2. The average Bonchev–Trinajstić information content (AvgIpc) is 3.08. The van der Waals surface area contributed by atoms with Crippen molar-refractivity contribution in [2.75, 3.05) is 13.1 Å². The van der Waals surface area contributed by atoms with Gasteiger partial charge in [-0.05, 0) is 33.6 Å². The number of hydrogen-bond donors (Lipinski definition) is 0. The molecule has 0 saturated carbocycles. The van der Waals surface area contributed by atoms with Crippen LogP contribution in [0.4, 0.5) is 0 Å². The molecule has 1 aliphatic heterocycles. The summed E-state index contributed by atoms with van der Waals surface area (Å²) in [6, 6.07) is 0.318. The molecule has 1 amide bonds. The Kier molecular flexibility index (Phi) is 3.57. The SMILES string of the molecule is Cc1oc(C)c(C(=O)N2CCC[C@H](n3ccnc3)C2)c1C. The fourth-order valence-electron chi connectivity index (χ4n) is 3.13. The van der Waals surface area contributed by atoms with Gasteiger partial charge in [0, 0.05) is 31.0 Å². The van der Waals surface area contributed by atoms with Gasteiger partial charge in [-0.1, -0.05) is 0 Å². The molecule has 0 N–H and O–H groups in total. The summed E-state index contributed by atoms with van der Waals surface area (Å²) in [4.78, 5) is 18.9. The minimum atomic E-state index is 0.0895. The minimum absolute atomic E-state index is 0.0895. The van der Waals surface area contributed by atoms with Crippen LogP contribution in [0.2, 0.25) is 0 Å². The van der Waals surface area contributed by atoms with Gasteiger partial charge in [0.2, 0.25) is 0 Å². The van der Waals surface area contributed by atoms with E-state index in [4.69, 9.17) is 4.42 Å². The van der Waals surface area contributed by atoms with Gasteiger partial charge in [0.05, 0.1) is 17.9 Å². The molecule has 3 rings (SSSR count). The van der Waals surface area contributed by atoms with Gasteiger partial charge in [-0.25, -0.2) is 4.98 Å². The molecule has 5 nitrogen and oxygen atoms in total. The molecule has 3 heterocycles. The van der Waals surface area contributed by atoms with Crippen molar-refractivity contribution in [3.05, 3.63) is 41.4 Å². The first-order valence-corrected chi connectivity index (χ1v) is 7.41. The lowest BCUT2D eigenvalue weighted by atomic mass is 10.0. The lowest BCUT2D eigenvalue weighted by Crippen LogP contribution is -2.40. The maximum atomic E-state index is 12.8. The molecule has 0 aliphatic carbocycles. The molecule has 5 heteroatoms. The van der Waals surface area contributed by atoms with Crippen molar-refractivity contribution >= 4 is 5.91 Å². The van der Waals surface area contributed by atoms with Crippen molar-refractivity contribution < 1.29 is 9.21 Å². The number of furan rings is 1. The van der Waals surface area contributed by atoms with Crippen LogP contribution in [0.25, 0.3) is 0 Å². The standard InChI is InChI=1S/C16H21N3O2/c1-11-12(2)21-13(3)15(11)16(20)18-7-4-5-14(9-18)19-8-6-17-10-19/h6,8,10,14H,4-5,7,9H2,1-3H3/t14-/m0/s1. The Labute approximate surface area is 124 Å². The molecule has 0 spiro atoms. The van der Waals surface area contributed by atoms with E-state index in [1.807, 2.05) is 38.2 Å². The van der Waals surface area contributed by atoms with E-state index in [2.05, 4.69) is 9.55 Å². The average molecular weight is 287 g/mol. The largest absolute Gasteiger partial charge is 0.466 e. The third kappa shape index (κ3) is 2.48. The zero-order valence-corrected chi connectivity index (χ0v) is 12.8. The van der Waals surface area contributed by atoms with Crippen LogP contribution in [0.5, 0.6) is 0 Å². The van der Waals surface area contributed by atoms with E-state index in [0.29, 0.717) is 6.04 Å². The molecule has 0 radical (unpaired) electrons. The van der Waals surface area contributed by atoms with E-state index >= 15 is 0 Å². The van der Waals surface area contributed by atoms with Gasteiger partial charge in [-0.2, -0.15) is 0 Å². The Morgan fingerprint density at radius 2 is 2.14 bits per heavy atom. The van der Waals surface area contributed by atoms with Gasteiger partial charge in [-0.3, -0.25) is 4.79 Å². The fourth-order valence-corrected chi connectivity index (χ4v) is 3.13. The zero-order valence-electron chi connectivity index (χ0n) is 12.8. The van der Waals surface area contributed by atoms with E-state index in [-0.39, 0.29) is 5.91 Å². The summed E-state index contributed by atoms with van der Waals surface area (Å²) in [5.74, 6) is 1.64. The Morgan fingerprint density at radius 3 is 2.76 bits per heavy atom. The second kappa shape index (κ2) is 5.39. The Morgan fingerprint density at radius 1 is 1.33 bits per heavy atom. The first-order valence-electron chi connectivity index (χ1n) is 7.41. The van der Waals surface area contributed by atoms with E-state index in [0.717, 1.165) is 48.6 Å². The van der Waals surface area contributed by atoms with Crippen molar-refractivity contribution in [3.8, 4) is 0 Å². The Balaban J connectivity index is 1.81. The summed E-state index contributed by atoms with van der Waals surface area (Å²) in [6.45, 7) is 7.27. The Bertz CT molecular complexity index is 643. The molecule has 1 atom stereocenters. The number of carbonyl (C=O) groups is 1. The summed E-state index contributed by atoms with van der Waals surface area (Å²) in [6.07, 6.45) is 7.69. The highest BCUT2D eigenvalue weighted by Crippen LogP contribution is 2.26. The molecule has 0 bridgehead atoms. The highest BCUT2D eigenvalue weighted by Gasteiger charge is 2.28. The monoisotopic (exact) mass is 287 g/mol. The summed E-state index contributed by atoms with van der Waals surface area (Å²) < 4.78 is 7.69. The normalized spacial score (nSPS) is 19.0. The van der Waals surface area contributed by atoms with Crippen LogP contribution < -0.4 is 0 Å². The first-order chi connectivity index (χ1) is 10.1. The van der Waals surface area contributed by atoms with Crippen LogP contribution in [0, 0.1) is 20.8 Å². The molecule has 1 saturated heterocycles. The number of hydrogen-bond acceptors (Lipinski definition) is 3. The van der Waals surface area contributed by atoms with Gasteiger partial charge in [-0.15, -0.1) is 0 Å². The van der Waals surface area contributed by atoms with Crippen LogP contribution in [0.15, 0.2) is 23.1 Å². The maximum absolute atomic E-state index is 12.8. The maximum Gasteiger partial charge on any atom is 0.257 e. The number of piperidine rings is 1. The second-order valence-electron chi connectivity index (χ2n) is 5.77. The number of amides is 1. The zero-order chi connectivity index (χ0) is 15.0. The van der Waals surface area contributed by atoms with E-state index in [9.17, 15) is 4.79 Å². The topological polar surface area (TPSA) is 51.3 Å². The van der Waals surface area contributed by atoms with Crippen LogP contribution in [-0.4, -0.2) is 33.4 Å². The van der Waals surface area contributed by atoms with E-state index in [1.54, 1.807) is 6.20 Å². The van der Waals surface area contributed by atoms with Crippen LogP contribution in [0.1, 0.15) is 46.3 Å². The third-order valence-corrected chi connectivity index (χ3v) is 4.41. The third-order valence-electron chi connectivity index (χ3n) is 4.41. The van der Waals surface area contributed by atoms with Crippen molar-refractivity contribution in [2.24, 2.45) is 0 Å². The van der Waals surface area contributed by atoms with E-state index in [1.165, 1.54) is 0 Å². The van der Waals surface area contributed by atoms with Crippen molar-refractivity contribution in [1.29, 1.82) is 0 Å². The number of carbonyl (C=O) groups excluding carboxylic acids is 1. The van der Waals surface area contributed by atoms with Gasteiger partial charge < -0.3 is 13.9 Å². The number of imidazole rings is 1. The second-order valence-corrected chi connectivity index (χ2v) is 5.77. The van der Waals surface area contributed by atoms with Gasteiger partial charge >= 0.3 is 0 Å². The minimum Gasteiger partial charge on any atom is -0.466 e. The molecule has 1 aliphatic rings. The summed E-state index contributed by atoms with van der Waals surface area (Å²) in [5.41, 5.74) is 1.70. The number of nitrogens with zero attached hydrogens (tertiary/aromatic N) is 3. The Hall–Kier alpha value is -2.04. The molecule has 21 heavy (non-hydrogen) atoms. The molecule has 0 aromatic carbocycles. The highest BCUT2D eigenvalue weighted by molar-refractivity contribution is 5.97. The smallest absolute Gasteiger partial charge is 0.257 e. The highest BCUT2D eigenvalue weighted by atomic mass is 16.3. The summed E-state index contributed by atoms with van der Waals surface area (Å²) in [5, 5.41) is 0. The quantitative estimate of drug-likeness (QED) is 0.853. The lowest BCUT2D eigenvalue weighted by Gasteiger charge is -2.33. The summed E-state index contributed by atoms with van der Waals surface area (Å²) in [7, 11) is 0. The van der Waals surface area contributed by atoms with E-state index < -0.39 is 0 Å². The number of aromatic nitrogens is 2.